The molecule has 2 unspecified atom stereocenters. The first-order valence-corrected chi connectivity index (χ1v) is 43.1. The lowest BCUT2D eigenvalue weighted by atomic mass is 9.72. The second-order valence-electron chi connectivity index (χ2n) is 40.7. The number of hydrogen-bond acceptors (Lipinski definition) is 14. The fraction of sp³-hybridized carbons (Fsp3) is 0.423. The van der Waals surface area contributed by atoms with Gasteiger partial charge in [-0.1, -0.05) is 199 Å². The lowest BCUT2D eigenvalue weighted by molar-refractivity contribution is -0.125. The normalized spacial score (nSPS) is 14.3. The van der Waals surface area contributed by atoms with Crippen molar-refractivity contribution in [1.82, 2.24) is 30.4 Å². The smallest absolute Gasteiger partial charge is 0.262 e. The molecule has 0 aliphatic carbocycles. The summed E-state index contributed by atoms with van der Waals surface area (Å²) in [5.74, 6) is -2.59. The predicted molar refractivity (Wildman–Crippen MR) is 486 cm³/mol. The van der Waals surface area contributed by atoms with Crippen molar-refractivity contribution < 1.29 is 57.2 Å². The molecule has 4 heterocycles. The molecular formula is C104H122N6O12. The van der Waals surface area contributed by atoms with Crippen molar-refractivity contribution in [1.29, 1.82) is 0 Å². The minimum atomic E-state index is -1.48. The maximum Gasteiger partial charge on any atom is 0.262 e. The van der Waals surface area contributed by atoms with E-state index in [-0.39, 0.29) is 138 Å². The Balaban J connectivity index is 1.21. The highest BCUT2D eigenvalue weighted by Crippen LogP contribution is 2.59. The lowest BCUT2D eigenvalue weighted by Gasteiger charge is -2.36. The molecule has 0 spiro atoms. The van der Waals surface area contributed by atoms with E-state index in [1.807, 2.05) is 111 Å². The van der Waals surface area contributed by atoms with Crippen molar-refractivity contribution in [3.8, 4) is 46.0 Å². The van der Waals surface area contributed by atoms with E-state index in [9.17, 15) is 0 Å². The molecule has 0 saturated heterocycles. The van der Waals surface area contributed by atoms with Gasteiger partial charge in [-0.3, -0.25) is 48.5 Å². The highest BCUT2D eigenvalue weighted by molar-refractivity contribution is 6.45. The summed E-state index contributed by atoms with van der Waals surface area (Å²) in [5.41, 5.74) is 3.96. The Labute approximate surface area is 719 Å². The van der Waals surface area contributed by atoms with Crippen molar-refractivity contribution in [2.45, 2.75) is 225 Å². The van der Waals surface area contributed by atoms with Gasteiger partial charge in [0.15, 0.2) is 0 Å². The van der Waals surface area contributed by atoms with Crippen molar-refractivity contribution in [2.75, 3.05) is 39.5 Å². The van der Waals surface area contributed by atoms with Crippen LogP contribution in [0.1, 0.15) is 253 Å². The molecule has 2 aromatic heterocycles. The molecule has 6 amide bonds. The summed E-state index contributed by atoms with van der Waals surface area (Å²) in [7, 11) is 0. The summed E-state index contributed by atoms with van der Waals surface area (Å²) >= 11 is 0. The molecule has 2 aliphatic heterocycles. The summed E-state index contributed by atoms with van der Waals surface area (Å²) < 4.78 is 41.7. The fourth-order valence-electron chi connectivity index (χ4n) is 19.6. The van der Waals surface area contributed by atoms with Gasteiger partial charge in [-0.2, -0.15) is 0 Å². The molecule has 18 nitrogen and oxygen atoms in total. The molecule has 13 rings (SSSR count). The summed E-state index contributed by atoms with van der Waals surface area (Å²) in [6, 6.07) is 44.1. The van der Waals surface area contributed by atoms with Gasteiger partial charge in [0.2, 0.25) is 11.8 Å². The quantitative estimate of drug-likeness (QED) is 0.0174. The first kappa shape index (κ1) is 88.7. The van der Waals surface area contributed by atoms with Gasteiger partial charge in [0.25, 0.3) is 23.6 Å². The van der Waals surface area contributed by atoms with Crippen LogP contribution in [0.5, 0.6) is 46.0 Å². The summed E-state index contributed by atoms with van der Waals surface area (Å²) in [6.45, 7) is 49.4. The van der Waals surface area contributed by atoms with Crippen LogP contribution in [-0.4, -0.2) is 107 Å². The van der Waals surface area contributed by atoms with E-state index >= 15 is 28.8 Å². The van der Waals surface area contributed by atoms with Crippen LogP contribution >= 0.6 is 0 Å². The van der Waals surface area contributed by atoms with Crippen LogP contribution in [0.4, 0.5) is 0 Å². The zero-order valence-corrected chi connectivity index (χ0v) is 75.5. The van der Waals surface area contributed by atoms with Gasteiger partial charge in [0, 0.05) is 107 Å². The molecule has 122 heavy (non-hydrogen) atoms. The van der Waals surface area contributed by atoms with Crippen LogP contribution in [0.15, 0.2) is 170 Å². The number of benzene rings is 9. The first-order chi connectivity index (χ1) is 57.3. The van der Waals surface area contributed by atoms with Crippen molar-refractivity contribution in [3.05, 3.63) is 226 Å². The van der Waals surface area contributed by atoms with Gasteiger partial charge >= 0.3 is 0 Å². The number of amides is 6. The Bertz CT molecular complexity index is 5100. The standard InChI is InChI=1S/C104H122N6O12/c1-23-117-50-48-107-91(111)77(52-63-28-27-46-105-58-63)109-93(113)73-54-79(119-69-38-30-64(31-39-69)101(15,16)59-97(3,4)5)85-87-81(121-71-42-34-66(35-43-71)103(19,20)61-99(9,10)11)56-75-84-76(96(116)110(95(75)115)78(53-68-29-25-26-47-106-68)92(112)108-49-51-118-24-2)57-82(122-72-44-36-67(37-45-72)104(21,22)62-100(12,13)14)88(90(84)87)86-80(55-74(94(109)114)83(73)89(85)86)120-70-40-32-65(33-41-70)102(17,18)60-98(6,7)8/h25-47,54-58,77-78H,23-24,48-53,59-62H2,1-22H3,(H,107,111)(H,108,112). The van der Waals surface area contributed by atoms with Crippen molar-refractivity contribution >= 4 is 78.5 Å². The SMILES string of the molecule is CCOCCNC(=O)C(Cc1cccnc1)N1C(=O)c2cc(Oc3ccc(C(C)(C)CC(C)(C)C)cc3)c3c4c(Oc5ccc(C(C)(C)CC(C)(C)C)cc5)cc5c6c(cc(Oc7ccc(C(C)(C)CC(C)(C)C)cc7)c(c7c(Oc8ccc(C(C)(C)CC(C)(C)C)cc8)cc(c2c37)C1=O)c64)C(=O)N(C(Cc1ccccn1)C(=O)NCCOCC)C5=O. The molecule has 11 aromatic rings. The number of carbonyl (C=O) groups is 6. The average Bonchev–Trinajstić information content (AvgIpc) is 0.669. The first-order valence-electron chi connectivity index (χ1n) is 43.1. The van der Waals surface area contributed by atoms with E-state index in [1.165, 1.54) is 0 Å². The summed E-state index contributed by atoms with van der Waals surface area (Å²) in [5, 5.41) is 8.13. The van der Waals surface area contributed by atoms with Crippen LogP contribution in [0.3, 0.4) is 0 Å². The Morgan fingerprint density at radius 1 is 0.361 bits per heavy atom. The van der Waals surface area contributed by atoms with E-state index in [0.717, 1.165) is 57.7 Å². The summed E-state index contributed by atoms with van der Waals surface area (Å²) in [4.78, 5) is 109. The molecule has 0 saturated carbocycles. The Morgan fingerprint density at radius 3 is 0.926 bits per heavy atom. The van der Waals surface area contributed by atoms with Crippen molar-refractivity contribution in [3.63, 3.8) is 0 Å². The lowest BCUT2D eigenvalue weighted by Crippen LogP contribution is -2.55. The number of fused-ring (bicyclic) bond motifs is 2. The number of hydrogen-bond donors (Lipinski definition) is 2. The van der Waals surface area contributed by atoms with Crippen LogP contribution < -0.4 is 29.6 Å². The topological polar surface area (TPSA) is 214 Å². The van der Waals surface area contributed by atoms with E-state index in [0.29, 0.717) is 79.8 Å². The molecule has 2 N–H and O–H groups in total. The average molecular weight is 1650 g/mol. The third kappa shape index (κ3) is 19.2. The number of ether oxygens (including phenoxy) is 6. The Hall–Kier alpha value is -11.1. The molecule has 640 valence electrons. The van der Waals surface area contributed by atoms with Gasteiger partial charge in [0.05, 0.1) is 35.5 Å². The zero-order valence-electron chi connectivity index (χ0n) is 75.5. The largest absolute Gasteiger partial charge is 0.457 e. The third-order valence-corrected chi connectivity index (χ3v) is 23.3. The predicted octanol–water partition coefficient (Wildman–Crippen LogP) is 23.3. The van der Waals surface area contributed by atoms with Crippen molar-refractivity contribution in [2.24, 2.45) is 21.7 Å². The number of pyridine rings is 2. The number of aromatic nitrogens is 2. The molecule has 2 atom stereocenters. The molecule has 2 aliphatic rings. The number of nitrogens with one attached hydrogen (secondary N) is 2. The second kappa shape index (κ2) is 34.3. The maximum atomic E-state index is 16.9. The van der Waals surface area contributed by atoms with E-state index in [4.69, 9.17) is 28.4 Å². The van der Waals surface area contributed by atoms with Gasteiger partial charge in [-0.05, 0) is 202 Å². The van der Waals surface area contributed by atoms with Gasteiger partial charge in [0.1, 0.15) is 58.1 Å². The Morgan fingerprint density at radius 2 is 0.664 bits per heavy atom. The zero-order chi connectivity index (χ0) is 88.1. The highest BCUT2D eigenvalue weighted by Gasteiger charge is 2.47. The van der Waals surface area contributed by atoms with Gasteiger partial charge in [-0.25, -0.2) is 0 Å². The molecule has 18 heteroatoms. The maximum absolute atomic E-state index is 16.9. The number of rotatable bonds is 32. The molecule has 0 bridgehead atoms. The van der Waals surface area contributed by atoms with Crippen LogP contribution in [0, 0.1) is 21.7 Å². The monoisotopic (exact) mass is 1650 g/mol. The third-order valence-electron chi connectivity index (χ3n) is 23.3. The molecule has 0 radical (unpaired) electrons. The molecular weight excluding hydrogens is 1530 g/mol. The van der Waals surface area contributed by atoms with Crippen LogP contribution in [0.25, 0.3) is 43.1 Å². The minimum absolute atomic E-state index is 0.00347. The number of imide groups is 2. The molecule has 0 fully saturated rings. The number of nitrogens with zero attached hydrogens (tertiary/aromatic N) is 4. The summed E-state index contributed by atoms with van der Waals surface area (Å²) in [6.07, 6.45) is 7.96. The van der Waals surface area contributed by atoms with E-state index in [1.54, 1.807) is 73.2 Å². The second-order valence-corrected chi connectivity index (χ2v) is 40.7. The van der Waals surface area contributed by atoms with Crippen LogP contribution in [0.2, 0.25) is 0 Å². The molecule has 9 aromatic carbocycles. The van der Waals surface area contributed by atoms with E-state index in [2.05, 4.69) is 159 Å². The number of carbonyl (C=O) groups excluding carboxylic acids is 6. The minimum Gasteiger partial charge on any atom is -0.457 e. The van der Waals surface area contributed by atoms with Gasteiger partial charge < -0.3 is 39.1 Å². The van der Waals surface area contributed by atoms with Gasteiger partial charge in [-0.15, -0.1) is 0 Å². The van der Waals surface area contributed by atoms with Crippen LogP contribution in [-0.2, 0) is 53.6 Å². The van der Waals surface area contributed by atoms with E-state index < -0.39 is 47.5 Å². The highest BCUT2D eigenvalue weighted by atomic mass is 16.5. The fourth-order valence-corrected chi connectivity index (χ4v) is 19.6. The Kier molecular flexibility index (Phi) is 25.0.